The van der Waals surface area contributed by atoms with E-state index >= 15 is 0 Å². The van der Waals surface area contributed by atoms with E-state index in [0.717, 1.165) is 21.9 Å². The molecule has 2 heterocycles. The highest BCUT2D eigenvalue weighted by Crippen LogP contribution is 2.25. The van der Waals surface area contributed by atoms with Gasteiger partial charge in [0.15, 0.2) is 4.96 Å². The van der Waals surface area contributed by atoms with Crippen LogP contribution >= 0.6 is 22.9 Å². The highest BCUT2D eigenvalue weighted by atomic mass is 35.5. The van der Waals surface area contributed by atoms with Crippen molar-refractivity contribution in [1.82, 2.24) is 9.38 Å². The highest BCUT2D eigenvalue weighted by Gasteiger charge is 2.14. The van der Waals surface area contributed by atoms with Gasteiger partial charge in [0.1, 0.15) is 0 Å². The number of aromatic nitrogens is 2. The normalized spacial score (nSPS) is 11.2. The van der Waals surface area contributed by atoms with Crippen molar-refractivity contribution in [2.45, 2.75) is 20.3 Å². The van der Waals surface area contributed by atoms with Gasteiger partial charge in [0.05, 0.1) is 5.69 Å². The minimum atomic E-state index is -0.00465. The standard InChI is InChI=1S/C16H15ClN2OS/c1-10-3-5-12(6-4-10)14-9-21-16-18-11(2)13(7-8-17)15(20)19(14)16/h3-6,9H,7-8H2,1-2H3. The van der Waals surface area contributed by atoms with E-state index in [2.05, 4.69) is 4.98 Å². The second-order valence-electron chi connectivity index (χ2n) is 5.02. The maximum Gasteiger partial charge on any atom is 0.262 e. The monoisotopic (exact) mass is 318 g/mol. The molecule has 0 amide bonds. The summed E-state index contributed by atoms with van der Waals surface area (Å²) in [5, 5.41) is 1.98. The molecule has 21 heavy (non-hydrogen) atoms. The van der Waals surface area contributed by atoms with E-state index in [1.165, 1.54) is 16.9 Å². The molecule has 0 saturated carbocycles. The quantitative estimate of drug-likeness (QED) is 0.688. The van der Waals surface area contributed by atoms with Crippen molar-refractivity contribution in [3.05, 3.63) is 56.8 Å². The first-order valence-corrected chi connectivity index (χ1v) is 8.16. The van der Waals surface area contributed by atoms with Gasteiger partial charge in [-0.1, -0.05) is 29.8 Å². The summed E-state index contributed by atoms with van der Waals surface area (Å²) in [4.78, 5) is 18.0. The van der Waals surface area contributed by atoms with E-state index in [4.69, 9.17) is 11.6 Å². The van der Waals surface area contributed by atoms with Crippen LogP contribution in [0.25, 0.3) is 16.2 Å². The first-order valence-electron chi connectivity index (χ1n) is 6.74. The van der Waals surface area contributed by atoms with Gasteiger partial charge in [0.2, 0.25) is 0 Å². The Hall–Kier alpha value is -1.65. The molecule has 0 fully saturated rings. The molecule has 0 aliphatic rings. The third-order valence-corrected chi connectivity index (χ3v) is 4.58. The molecule has 3 nitrogen and oxygen atoms in total. The van der Waals surface area contributed by atoms with Gasteiger partial charge in [-0.2, -0.15) is 0 Å². The summed E-state index contributed by atoms with van der Waals surface area (Å²) >= 11 is 7.29. The van der Waals surface area contributed by atoms with Crippen LogP contribution in [0.3, 0.4) is 0 Å². The summed E-state index contributed by atoms with van der Waals surface area (Å²) in [6.07, 6.45) is 0.547. The number of halogens is 1. The second-order valence-corrected chi connectivity index (χ2v) is 6.24. The Morgan fingerprint density at radius 2 is 1.95 bits per heavy atom. The van der Waals surface area contributed by atoms with E-state index in [0.29, 0.717) is 17.9 Å². The minimum absolute atomic E-state index is 0.00465. The maximum absolute atomic E-state index is 12.7. The van der Waals surface area contributed by atoms with E-state index in [1.807, 2.05) is 43.5 Å². The molecule has 1 aromatic carbocycles. The van der Waals surface area contributed by atoms with E-state index in [-0.39, 0.29) is 5.56 Å². The molecule has 5 heteroatoms. The van der Waals surface area contributed by atoms with Gasteiger partial charge in [-0.15, -0.1) is 22.9 Å². The van der Waals surface area contributed by atoms with Crippen LogP contribution in [0.1, 0.15) is 16.8 Å². The zero-order valence-electron chi connectivity index (χ0n) is 11.9. The molecular formula is C16H15ClN2OS. The van der Waals surface area contributed by atoms with Crippen LogP contribution in [0.15, 0.2) is 34.4 Å². The van der Waals surface area contributed by atoms with Crippen molar-refractivity contribution in [2.75, 3.05) is 5.88 Å². The molecule has 108 valence electrons. The second kappa shape index (κ2) is 5.62. The smallest absolute Gasteiger partial charge is 0.262 e. The molecule has 0 aliphatic heterocycles. The molecule has 3 aromatic rings. The number of fused-ring (bicyclic) bond motifs is 1. The summed E-state index contributed by atoms with van der Waals surface area (Å²) in [5.74, 6) is 0.424. The van der Waals surface area contributed by atoms with E-state index in [9.17, 15) is 4.79 Å². The summed E-state index contributed by atoms with van der Waals surface area (Å²) in [5.41, 5.74) is 4.59. The Labute approximate surface area is 131 Å². The number of nitrogens with zero attached hydrogens (tertiary/aromatic N) is 2. The first-order chi connectivity index (χ1) is 10.1. The minimum Gasteiger partial charge on any atom is -0.269 e. The van der Waals surface area contributed by atoms with Crippen molar-refractivity contribution >= 4 is 27.9 Å². The summed E-state index contributed by atoms with van der Waals surface area (Å²) < 4.78 is 1.70. The van der Waals surface area contributed by atoms with Gasteiger partial charge in [-0.25, -0.2) is 4.98 Å². The van der Waals surface area contributed by atoms with Crippen molar-refractivity contribution in [1.29, 1.82) is 0 Å². The number of aryl methyl sites for hydroxylation is 2. The van der Waals surface area contributed by atoms with Crippen LogP contribution in [-0.4, -0.2) is 15.3 Å². The van der Waals surface area contributed by atoms with Crippen LogP contribution in [-0.2, 0) is 6.42 Å². The highest BCUT2D eigenvalue weighted by molar-refractivity contribution is 7.15. The maximum atomic E-state index is 12.7. The number of hydrogen-bond acceptors (Lipinski definition) is 3. The molecular weight excluding hydrogens is 304 g/mol. The fraction of sp³-hybridized carbons (Fsp3) is 0.250. The lowest BCUT2D eigenvalue weighted by Gasteiger charge is -2.06. The first kappa shape index (κ1) is 14.3. The van der Waals surface area contributed by atoms with Crippen LogP contribution in [0.2, 0.25) is 0 Å². The molecule has 0 unspecified atom stereocenters. The Kier molecular flexibility index (Phi) is 3.83. The van der Waals surface area contributed by atoms with Crippen LogP contribution < -0.4 is 5.56 Å². The van der Waals surface area contributed by atoms with Crippen molar-refractivity contribution in [2.24, 2.45) is 0 Å². The van der Waals surface area contributed by atoms with E-state index in [1.54, 1.807) is 4.40 Å². The number of rotatable bonds is 3. The lowest BCUT2D eigenvalue weighted by molar-refractivity contribution is 0.958. The van der Waals surface area contributed by atoms with Crippen molar-refractivity contribution in [3.63, 3.8) is 0 Å². The van der Waals surface area contributed by atoms with Crippen molar-refractivity contribution < 1.29 is 0 Å². The summed E-state index contributed by atoms with van der Waals surface area (Å²) in [7, 11) is 0. The van der Waals surface area contributed by atoms with Gasteiger partial charge in [0, 0.05) is 22.5 Å². The Bertz CT molecular complexity index is 849. The predicted molar refractivity (Wildman–Crippen MR) is 88.7 cm³/mol. The SMILES string of the molecule is Cc1ccc(-c2csc3nc(C)c(CCCl)c(=O)n23)cc1. The molecule has 0 atom stereocenters. The summed E-state index contributed by atoms with van der Waals surface area (Å²) in [6.45, 7) is 3.92. The van der Waals surface area contributed by atoms with Gasteiger partial charge in [-0.05, 0) is 25.8 Å². The molecule has 0 radical (unpaired) electrons. The molecule has 0 N–H and O–H groups in total. The number of thiazole rings is 1. The molecule has 2 aromatic heterocycles. The van der Waals surface area contributed by atoms with Gasteiger partial charge < -0.3 is 0 Å². The molecule has 0 saturated heterocycles. The third-order valence-electron chi connectivity index (χ3n) is 3.56. The number of benzene rings is 1. The number of hydrogen-bond donors (Lipinski definition) is 0. The lowest BCUT2D eigenvalue weighted by Crippen LogP contribution is -2.21. The average Bonchev–Trinajstić information content (AvgIpc) is 2.88. The third kappa shape index (κ3) is 2.49. The average molecular weight is 319 g/mol. The van der Waals surface area contributed by atoms with Gasteiger partial charge in [-0.3, -0.25) is 9.20 Å². The topological polar surface area (TPSA) is 34.4 Å². The Morgan fingerprint density at radius 3 is 2.62 bits per heavy atom. The largest absolute Gasteiger partial charge is 0.269 e. The zero-order valence-corrected chi connectivity index (χ0v) is 13.5. The Balaban J connectivity index is 2.28. The molecule has 0 bridgehead atoms. The van der Waals surface area contributed by atoms with Gasteiger partial charge in [0.25, 0.3) is 5.56 Å². The Morgan fingerprint density at radius 1 is 1.24 bits per heavy atom. The van der Waals surface area contributed by atoms with Crippen molar-refractivity contribution in [3.8, 4) is 11.3 Å². The summed E-state index contributed by atoms with van der Waals surface area (Å²) in [6, 6.07) is 8.16. The van der Waals surface area contributed by atoms with Crippen LogP contribution in [0.5, 0.6) is 0 Å². The fourth-order valence-electron chi connectivity index (χ4n) is 2.39. The molecule has 0 aliphatic carbocycles. The van der Waals surface area contributed by atoms with Gasteiger partial charge >= 0.3 is 0 Å². The fourth-order valence-corrected chi connectivity index (χ4v) is 3.52. The molecule has 0 spiro atoms. The van der Waals surface area contributed by atoms with Crippen LogP contribution in [0, 0.1) is 13.8 Å². The predicted octanol–water partition coefficient (Wildman–Crippen LogP) is 3.82. The van der Waals surface area contributed by atoms with E-state index < -0.39 is 0 Å². The zero-order chi connectivity index (χ0) is 15.0. The number of alkyl halides is 1. The van der Waals surface area contributed by atoms with Crippen LogP contribution in [0.4, 0.5) is 0 Å². The lowest BCUT2D eigenvalue weighted by atomic mass is 10.1. The molecule has 3 rings (SSSR count).